The molecule has 1 aliphatic heterocycles. The maximum Gasteiger partial charge on any atom is 0.241 e. The second kappa shape index (κ2) is 5.19. The van der Waals surface area contributed by atoms with E-state index in [0.29, 0.717) is 0 Å². The van der Waals surface area contributed by atoms with E-state index in [1.165, 1.54) is 5.56 Å². The lowest BCUT2D eigenvalue weighted by Gasteiger charge is -2.20. The lowest BCUT2D eigenvalue weighted by atomic mass is 9.99. The first-order chi connectivity index (χ1) is 8.26. The summed E-state index contributed by atoms with van der Waals surface area (Å²) in [6.45, 7) is 0.789. The molecule has 4 nitrogen and oxygen atoms in total. The van der Waals surface area contributed by atoms with E-state index in [4.69, 9.17) is 4.74 Å². The zero-order valence-electron chi connectivity index (χ0n) is 10.2. The quantitative estimate of drug-likeness (QED) is 0.821. The fourth-order valence-corrected chi connectivity index (χ4v) is 2.15. The van der Waals surface area contributed by atoms with Crippen LogP contribution in [0.5, 0.6) is 5.75 Å². The number of hydrogen-bond acceptors (Lipinski definition) is 3. The number of nitrogens with one attached hydrogen (secondary N) is 2. The van der Waals surface area contributed by atoms with Crippen molar-refractivity contribution in [3.05, 3.63) is 29.3 Å². The number of ether oxygens (including phenoxy) is 1. The van der Waals surface area contributed by atoms with Crippen LogP contribution in [-0.4, -0.2) is 26.6 Å². The number of likely N-dealkylation sites (N-methyl/N-ethyl adjacent to an activating group) is 2. The minimum absolute atomic E-state index is 0.0239. The minimum Gasteiger partial charge on any atom is -0.493 e. The molecule has 2 N–H and O–H groups in total. The first kappa shape index (κ1) is 11.9. The van der Waals surface area contributed by atoms with Crippen LogP contribution >= 0.6 is 0 Å². The van der Waals surface area contributed by atoms with E-state index in [0.717, 1.165) is 30.8 Å². The molecule has 1 heterocycles. The van der Waals surface area contributed by atoms with E-state index in [1.54, 1.807) is 14.1 Å². The Morgan fingerprint density at radius 1 is 1.41 bits per heavy atom. The van der Waals surface area contributed by atoms with Crippen LogP contribution in [-0.2, 0) is 11.2 Å². The van der Waals surface area contributed by atoms with Crippen LogP contribution < -0.4 is 15.4 Å². The molecule has 17 heavy (non-hydrogen) atoms. The van der Waals surface area contributed by atoms with Gasteiger partial charge in [0, 0.05) is 7.05 Å². The third kappa shape index (κ3) is 2.42. The van der Waals surface area contributed by atoms with Crippen molar-refractivity contribution in [3.63, 3.8) is 0 Å². The first-order valence-corrected chi connectivity index (χ1v) is 5.90. The van der Waals surface area contributed by atoms with Gasteiger partial charge in [0.15, 0.2) is 0 Å². The smallest absolute Gasteiger partial charge is 0.241 e. The molecule has 1 amide bonds. The normalized spacial score (nSPS) is 15.6. The molecule has 1 aromatic rings. The Morgan fingerprint density at radius 3 is 2.94 bits per heavy atom. The van der Waals surface area contributed by atoms with E-state index in [9.17, 15) is 4.79 Å². The van der Waals surface area contributed by atoms with Crippen molar-refractivity contribution in [2.24, 2.45) is 0 Å². The van der Waals surface area contributed by atoms with Gasteiger partial charge in [-0.2, -0.15) is 0 Å². The summed E-state index contributed by atoms with van der Waals surface area (Å²) >= 11 is 0. The molecule has 1 aliphatic rings. The molecule has 92 valence electrons. The van der Waals surface area contributed by atoms with Gasteiger partial charge in [0.25, 0.3) is 0 Å². The molecule has 4 heteroatoms. The van der Waals surface area contributed by atoms with Crippen LogP contribution in [0.2, 0.25) is 0 Å². The van der Waals surface area contributed by atoms with Gasteiger partial charge in [-0.1, -0.05) is 12.1 Å². The molecule has 0 saturated carbocycles. The molecule has 2 rings (SSSR count). The zero-order chi connectivity index (χ0) is 12.3. The molecule has 0 aliphatic carbocycles. The van der Waals surface area contributed by atoms with Crippen molar-refractivity contribution in [1.29, 1.82) is 0 Å². The zero-order valence-corrected chi connectivity index (χ0v) is 10.2. The number of carbonyl (C=O) groups excluding carboxylic acids is 1. The number of amides is 1. The predicted octanol–water partition coefficient (Wildman–Crippen LogP) is 1.02. The first-order valence-electron chi connectivity index (χ1n) is 5.90. The van der Waals surface area contributed by atoms with Crippen LogP contribution in [0.4, 0.5) is 0 Å². The second-order valence-electron chi connectivity index (χ2n) is 4.16. The average molecular weight is 234 g/mol. The highest BCUT2D eigenvalue weighted by atomic mass is 16.5. The molecule has 1 atom stereocenters. The highest BCUT2D eigenvalue weighted by molar-refractivity contribution is 5.83. The van der Waals surface area contributed by atoms with Crippen LogP contribution in [0.1, 0.15) is 23.6 Å². The Kier molecular flexibility index (Phi) is 3.64. The molecule has 1 aromatic carbocycles. The highest BCUT2D eigenvalue weighted by Crippen LogP contribution is 2.27. The van der Waals surface area contributed by atoms with Crippen LogP contribution in [0.25, 0.3) is 0 Å². The standard InChI is InChI=1S/C13H18N2O2/c1-14-12(13(16)15-2)10-5-6-11-9(8-10)4-3-7-17-11/h5-6,8,12,14H,3-4,7H2,1-2H3,(H,15,16). The number of carbonyl (C=O) groups is 1. The topological polar surface area (TPSA) is 50.4 Å². The number of benzene rings is 1. The van der Waals surface area contributed by atoms with Gasteiger partial charge in [0.2, 0.25) is 5.91 Å². The van der Waals surface area contributed by atoms with Gasteiger partial charge in [0.05, 0.1) is 6.61 Å². The molecule has 0 bridgehead atoms. The predicted molar refractivity (Wildman–Crippen MR) is 66.1 cm³/mol. The van der Waals surface area contributed by atoms with Gasteiger partial charge in [-0.05, 0) is 37.1 Å². The van der Waals surface area contributed by atoms with Gasteiger partial charge in [-0.25, -0.2) is 0 Å². The van der Waals surface area contributed by atoms with Crippen LogP contribution in [0, 0.1) is 0 Å². The summed E-state index contributed by atoms with van der Waals surface area (Å²) in [4.78, 5) is 11.7. The van der Waals surface area contributed by atoms with E-state index in [-0.39, 0.29) is 11.9 Å². The fourth-order valence-electron chi connectivity index (χ4n) is 2.15. The lowest BCUT2D eigenvalue weighted by Crippen LogP contribution is -2.33. The number of aryl methyl sites for hydroxylation is 1. The summed E-state index contributed by atoms with van der Waals surface area (Å²) in [7, 11) is 3.43. The molecule has 0 aromatic heterocycles. The fraction of sp³-hybridized carbons (Fsp3) is 0.462. The van der Waals surface area contributed by atoms with Gasteiger partial charge < -0.3 is 15.4 Å². The summed E-state index contributed by atoms with van der Waals surface area (Å²) in [5.74, 6) is 0.927. The van der Waals surface area contributed by atoms with Crippen molar-refractivity contribution in [1.82, 2.24) is 10.6 Å². The highest BCUT2D eigenvalue weighted by Gasteiger charge is 2.19. The summed E-state index contributed by atoms with van der Waals surface area (Å²) < 4.78 is 5.56. The van der Waals surface area contributed by atoms with Gasteiger partial charge in [0.1, 0.15) is 11.8 Å². The molecular formula is C13H18N2O2. The van der Waals surface area contributed by atoms with Gasteiger partial charge in [-0.3, -0.25) is 4.79 Å². The van der Waals surface area contributed by atoms with Crippen molar-refractivity contribution in [2.45, 2.75) is 18.9 Å². The van der Waals surface area contributed by atoms with E-state index in [1.807, 2.05) is 12.1 Å². The van der Waals surface area contributed by atoms with Gasteiger partial charge >= 0.3 is 0 Å². The maximum absolute atomic E-state index is 11.7. The molecule has 0 fully saturated rings. The number of rotatable bonds is 3. The Balaban J connectivity index is 2.29. The Labute approximate surface area is 101 Å². The Bertz CT molecular complexity index is 418. The Hall–Kier alpha value is -1.55. The minimum atomic E-state index is -0.299. The summed E-state index contributed by atoms with van der Waals surface area (Å²) in [5.41, 5.74) is 2.18. The van der Waals surface area contributed by atoms with E-state index in [2.05, 4.69) is 16.7 Å². The van der Waals surface area contributed by atoms with Crippen molar-refractivity contribution in [2.75, 3.05) is 20.7 Å². The summed E-state index contributed by atoms with van der Waals surface area (Å²) in [6.07, 6.45) is 2.06. The Morgan fingerprint density at radius 2 is 2.24 bits per heavy atom. The number of fused-ring (bicyclic) bond motifs is 1. The second-order valence-corrected chi connectivity index (χ2v) is 4.16. The SMILES string of the molecule is CNC(=O)C(NC)c1ccc2c(c1)CCCO2. The average Bonchev–Trinajstić information content (AvgIpc) is 2.39. The lowest BCUT2D eigenvalue weighted by molar-refractivity contribution is -0.122. The van der Waals surface area contributed by atoms with Gasteiger partial charge in [-0.15, -0.1) is 0 Å². The van der Waals surface area contributed by atoms with Crippen molar-refractivity contribution < 1.29 is 9.53 Å². The molecule has 0 spiro atoms. The summed E-state index contributed by atoms with van der Waals surface area (Å²) in [5, 5.41) is 5.68. The molecule has 0 saturated heterocycles. The summed E-state index contributed by atoms with van der Waals surface area (Å²) in [6, 6.07) is 5.66. The third-order valence-corrected chi connectivity index (χ3v) is 3.06. The van der Waals surface area contributed by atoms with Crippen LogP contribution in [0.15, 0.2) is 18.2 Å². The largest absolute Gasteiger partial charge is 0.493 e. The molecule has 0 radical (unpaired) electrons. The van der Waals surface area contributed by atoms with E-state index >= 15 is 0 Å². The van der Waals surface area contributed by atoms with Crippen molar-refractivity contribution in [3.8, 4) is 5.75 Å². The molecule has 1 unspecified atom stereocenters. The number of hydrogen-bond donors (Lipinski definition) is 2. The third-order valence-electron chi connectivity index (χ3n) is 3.06. The van der Waals surface area contributed by atoms with Crippen molar-refractivity contribution >= 4 is 5.91 Å². The van der Waals surface area contributed by atoms with Crippen LogP contribution in [0.3, 0.4) is 0 Å². The van der Waals surface area contributed by atoms with E-state index < -0.39 is 0 Å². The molecular weight excluding hydrogens is 216 g/mol. The monoisotopic (exact) mass is 234 g/mol. The maximum atomic E-state index is 11.7.